The summed E-state index contributed by atoms with van der Waals surface area (Å²) in [5.41, 5.74) is 6.46. The summed E-state index contributed by atoms with van der Waals surface area (Å²) in [6.45, 7) is 5.09. The monoisotopic (exact) mass is 342 g/mol. The maximum Gasteiger partial charge on any atom is 0.352 e. The lowest BCUT2D eigenvalue weighted by Crippen LogP contribution is -2.49. The minimum Gasteiger partial charge on any atom is -0.276 e. The van der Waals surface area contributed by atoms with Crippen LogP contribution in [0.25, 0.3) is 0 Å². The number of hydrogen-bond acceptors (Lipinski definition) is 6. The van der Waals surface area contributed by atoms with Crippen molar-refractivity contribution < 1.29 is 4.79 Å². The predicted octanol–water partition coefficient (Wildman–Crippen LogP) is 1.61. The zero-order valence-corrected chi connectivity index (χ0v) is 14.6. The summed E-state index contributed by atoms with van der Waals surface area (Å²) >= 11 is 5.96. The Kier molecular flexibility index (Phi) is 10.1. The van der Waals surface area contributed by atoms with Crippen LogP contribution in [0.2, 0.25) is 0 Å². The molecule has 0 saturated heterocycles. The fourth-order valence-electron chi connectivity index (χ4n) is 1.55. The third-order valence-electron chi connectivity index (χ3n) is 2.59. The molecule has 2 amide bonds. The van der Waals surface area contributed by atoms with E-state index in [1.54, 1.807) is 11.8 Å². The minimum atomic E-state index is -0.446. The van der Waals surface area contributed by atoms with E-state index in [2.05, 4.69) is 29.5 Å². The van der Waals surface area contributed by atoms with E-state index >= 15 is 0 Å². The van der Waals surface area contributed by atoms with Crippen molar-refractivity contribution in [2.45, 2.75) is 12.7 Å². The molecule has 0 radical (unpaired) electrons. The fraction of sp³-hybridized carbons (Fsp3) is 0.308. The third-order valence-corrected chi connectivity index (χ3v) is 3.27. The van der Waals surface area contributed by atoms with Gasteiger partial charge in [-0.25, -0.2) is 21.5 Å². The largest absolute Gasteiger partial charge is 0.352 e. The van der Waals surface area contributed by atoms with Crippen LogP contribution in [0, 0.1) is 6.92 Å². The first-order valence-corrected chi connectivity index (χ1v) is 8.06. The van der Waals surface area contributed by atoms with Crippen LogP contribution in [-0.4, -0.2) is 36.6 Å². The Labute approximate surface area is 140 Å². The zero-order valence-electron chi connectivity index (χ0n) is 12.9. The van der Waals surface area contributed by atoms with Crippen LogP contribution >= 0.6 is 24.0 Å². The van der Waals surface area contributed by atoms with Gasteiger partial charge in [0.15, 0.2) is 0 Å². The standard InChI is InChI=1S/C11H18N4OS.C2H4N2S/c1-8-5-4-6-10(9(8)7-17-3)15(13)11(16)14(2)12;1-3-4-2-5/h4-6H,7,12-13H2,1-3H3;2H,1H2,(H,4,5). The molecule has 0 fully saturated rings. The van der Waals surface area contributed by atoms with E-state index < -0.39 is 6.03 Å². The number of hydrogen-bond donors (Lipinski definition) is 3. The molecule has 1 rings (SSSR count). The number of thioether (sulfide) groups is 1. The van der Waals surface area contributed by atoms with Crippen LogP contribution in [-0.2, 0) is 5.75 Å². The fourth-order valence-corrected chi connectivity index (χ4v) is 2.29. The second kappa shape index (κ2) is 11.0. The van der Waals surface area contributed by atoms with E-state index in [-0.39, 0.29) is 0 Å². The second-order valence-electron chi connectivity index (χ2n) is 4.17. The highest BCUT2D eigenvalue weighted by Crippen LogP contribution is 2.25. The number of anilines is 1. The molecule has 0 spiro atoms. The maximum atomic E-state index is 11.7. The number of hydrazine groups is 2. The van der Waals surface area contributed by atoms with Crippen LogP contribution < -0.4 is 22.1 Å². The van der Waals surface area contributed by atoms with Gasteiger partial charge in [0.25, 0.3) is 0 Å². The van der Waals surface area contributed by atoms with Gasteiger partial charge in [0, 0.05) is 19.5 Å². The van der Waals surface area contributed by atoms with Crippen molar-refractivity contribution in [1.82, 2.24) is 10.4 Å². The highest BCUT2D eigenvalue weighted by Gasteiger charge is 2.17. The molecule has 0 saturated carbocycles. The number of nitrogens with one attached hydrogen (secondary N) is 1. The maximum absolute atomic E-state index is 11.7. The van der Waals surface area contributed by atoms with Gasteiger partial charge < -0.3 is 0 Å². The van der Waals surface area contributed by atoms with Crippen LogP contribution in [0.3, 0.4) is 0 Å². The number of rotatable bonds is 5. The number of benzene rings is 1. The molecule has 122 valence electrons. The third kappa shape index (κ3) is 6.39. The first kappa shape index (κ1) is 20.3. The smallest absolute Gasteiger partial charge is 0.276 e. The number of thiocarbonyl (C=S) groups is 1. The number of urea groups is 1. The molecule has 0 aliphatic carbocycles. The summed E-state index contributed by atoms with van der Waals surface area (Å²) in [5, 5.41) is 5.24. The van der Waals surface area contributed by atoms with Crippen molar-refractivity contribution in [2.24, 2.45) is 16.8 Å². The van der Waals surface area contributed by atoms with Crippen molar-refractivity contribution in [1.29, 1.82) is 0 Å². The molecule has 1 aromatic carbocycles. The van der Waals surface area contributed by atoms with Gasteiger partial charge in [0.2, 0.25) is 0 Å². The van der Waals surface area contributed by atoms with Crippen LogP contribution in [0.5, 0.6) is 0 Å². The summed E-state index contributed by atoms with van der Waals surface area (Å²) < 4.78 is 0. The number of carbonyl (C=O) groups is 1. The molecule has 0 aliphatic rings. The number of hydrazone groups is 1. The SMILES string of the molecule is C=NNC=S.CSCc1c(C)cccc1N(N)C(=O)N(C)N. The van der Waals surface area contributed by atoms with Crippen LogP contribution in [0.4, 0.5) is 10.5 Å². The van der Waals surface area contributed by atoms with Gasteiger partial charge in [-0.1, -0.05) is 24.4 Å². The van der Waals surface area contributed by atoms with Crippen LogP contribution in [0.1, 0.15) is 11.1 Å². The van der Waals surface area contributed by atoms with Crippen LogP contribution in [0.15, 0.2) is 23.3 Å². The average molecular weight is 342 g/mol. The van der Waals surface area contributed by atoms with Gasteiger partial charge in [0.05, 0.1) is 11.2 Å². The second-order valence-corrected chi connectivity index (χ2v) is 5.28. The summed E-state index contributed by atoms with van der Waals surface area (Å²) in [4.78, 5) is 11.7. The molecule has 22 heavy (non-hydrogen) atoms. The Bertz CT molecular complexity index is 503. The van der Waals surface area contributed by atoms with Gasteiger partial charge in [-0.3, -0.25) is 10.4 Å². The van der Waals surface area contributed by atoms with Gasteiger partial charge in [-0.2, -0.15) is 16.9 Å². The van der Waals surface area contributed by atoms with Gasteiger partial charge >= 0.3 is 6.03 Å². The Hall–Kier alpha value is -1.68. The zero-order chi connectivity index (χ0) is 17.1. The van der Waals surface area contributed by atoms with E-state index in [9.17, 15) is 4.79 Å². The number of nitrogens with two attached hydrogens (primary N) is 2. The van der Waals surface area contributed by atoms with Gasteiger partial charge in [-0.05, 0) is 30.4 Å². The molecule has 0 aromatic heterocycles. The Balaban J connectivity index is 0.000000763. The molecule has 0 unspecified atom stereocenters. The Morgan fingerprint density at radius 1 is 1.55 bits per heavy atom. The van der Waals surface area contributed by atoms with E-state index in [1.807, 2.05) is 31.4 Å². The molecule has 0 aliphatic heterocycles. The van der Waals surface area contributed by atoms with E-state index in [0.717, 1.165) is 26.9 Å². The van der Waals surface area contributed by atoms with E-state index in [4.69, 9.17) is 11.7 Å². The molecule has 7 nitrogen and oxygen atoms in total. The summed E-state index contributed by atoms with van der Waals surface area (Å²) in [6.07, 6.45) is 2.01. The first-order valence-electron chi connectivity index (χ1n) is 6.20. The Morgan fingerprint density at radius 2 is 2.18 bits per heavy atom. The highest BCUT2D eigenvalue weighted by atomic mass is 32.2. The molecule has 0 bridgehead atoms. The lowest BCUT2D eigenvalue weighted by molar-refractivity contribution is 0.216. The molecular formula is C13H22N6OS2. The summed E-state index contributed by atoms with van der Waals surface area (Å²) in [6, 6.07) is 5.25. The minimum absolute atomic E-state index is 0.446. The average Bonchev–Trinajstić information content (AvgIpc) is 2.49. The number of amides is 2. The molecular weight excluding hydrogens is 320 g/mol. The number of carbonyl (C=O) groups excluding carboxylic acids is 1. The normalized spacial score (nSPS) is 9.14. The van der Waals surface area contributed by atoms with Gasteiger partial charge in [0.1, 0.15) is 0 Å². The highest BCUT2D eigenvalue weighted by molar-refractivity contribution is 7.97. The summed E-state index contributed by atoms with van der Waals surface area (Å²) in [5.74, 6) is 12.0. The molecule has 1 aromatic rings. The van der Waals surface area contributed by atoms with Gasteiger partial charge in [-0.15, -0.1) is 0 Å². The predicted molar refractivity (Wildman–Crippen MR) is 98.8 cm³/mol. The topological polar surface area (TPSA) is 100.0 Å². The molecule has 0 atom stereocenters. The van der Waals surface area contributed by atoms with Crippen molar-refractivity contribution >= 4 is 47.9 Å². The Morgan fingerprint density at radius 3 is 2.59 bits per heavy atom. The van der Waals surface area contributed by atoms with E-state index in [0.29, 0.717) is 5.69 Å². The molecule has 9 heteroatoms. The quantitative estimate of drug-likeness (QED) is 0.247. The summed E-state index contributed by atoms with van der Waals surface area (Å²) in [7, 11) is 1.46. The lowest BCUT2D eigenvalue weighted by Gasteiger charge is -2.23. The van der Waals surface area contributed by atoms with Crippen molar-refractivity contribution in [3.63, 3.8) is 0 Å². The van der Waals surface area contributed by atoms with Crippen molar-refractivity contribution in [2.75, 3.05) is 18.3 Å². The van der Waals surface area contributed by atoms with E-state index in [1.165, 1.54) is 12.5 Å². The molecule has 5 N–H and O–H groups in total. The van der Waals surface area contributed by atoms with Crippen molar-refractivity contribution in [3.8, 4) is 0 Å². The number of nitrogens with zero attached hydrogens (tertiary/aromatic N) is 3. The van der Waals surface area contributed by atoms with Crippen molar-refractivity contribution in [3.05, 3.63) is 29.3 Å². The first-order chi connectivity index (χ1) is 10.4. The number of aryl methyl sites for hydroxylation is 1. The molecule has 0 heterocycles. The lowest BCUT2D eigenvalue weighted by atomic mass is 10.1.